The Morgan fingerprint density at radius 2 is 1.54 bits per heavy atom. The molecule has 3 aromatic rings. The molecule has 7 heteroatoms. The third-order valence-corrected chi connectivity index (χ3v) is 7.23. The minimum atomic E-state index is -3.25. The summed E-state index contributed by atoms with van der Waals surface area (Å²) in [6.07, 6.45) is 0.492. The quantitative estimate of drug-likeness (QED) is 0.356. The number of halogens is 2. The lowest BCUT2D eigenvalue weighted by Gasteiger charge is -2.21. The summed E-state index contributed by atoms with van der Waals surface area (Å²) in [4.78, 5) is 12.8. The molecule has 0 atom stereocenters. The second-order valence-corrected chi connectivity index (χ2v) is 11.3. The van der Waals surface area contributed by atoms with Crippen LogP contribution in [0.3, 0.4) is 0 Å². The van der Waals surface area contributed by atoms with Crippen molar-refractivity contribution in [1.82, 2.24) is 0 Å². The van der Waals surface area contributed by atoms with Gasteiger partial charge in [-0.15, -0.1) is 0 Å². The minimum absolute atomic E-state index is 0.0284. The fourth-order valence-electron chi connectivity index (χ4n) is 3.29. The highest BCUT2D eigenvalue weighted by atomic mass is 35.5. The van der Waals surface area contributed by atoms with E-state index in [-0.39, 0.29) is 34.3 Å². The number of ether oxygens (including phenoxy) is 1. The van der Waals surface area contributed by atoms with Crippen LogP contribution in [0.25, 0.3) is 0 Å². The monoisotopic (exact) mass is 512 g/mol. The number of hydrogen-bond donors (Lipinski definition) is 0. The first-order chi connectivity index (χ1) is 16.5. The average molecular weight is 513 g/mol. The number of carbonyl (C=O) groups is 1. The van der Waals surface area contributed by atoms with Gasteiger partial charge in [-0.1, -0.05) is 54.6 Å². The van der Waals surface area contributed by atoms with Crippen LogP contribution in [0.5, 0.6) is 5.75 Å². The van der Waals surface area contributed by atoms with Gasteiger partial charge in [-0.05, 0) is 67.4 Å². The zero-order valence-electron chi connectivity index (χ0n) is 19.8. The van der Waals surface area contributed by atoms with Crippen molar-refractivity contribution in [3.8, 4) is 17.6 Å². The van der Waals surface area contributed by atoms with Crippen molar-refractivity contribution < 1.29 is 22.3 Å². The number of benzene rings is 3. The molecule has 4 nitrogen and oxygen atoms in total. The van der Waals surface area contributed by atoms with Crippen LogP contribution in [-0.2, 0) is 27.5 Å². The van der Waals surface area contributed by atoms with E-state index in [0.29, 0.717) is 5.75 Å². The molecule has 35 heavy (non-hydrogen) atoms. The SMILES string of the molecule is CCS(=O)(=O)c1ccc(CC(=O)Cc2ccc(C#CC(C)(C)Oc3ccc(F)cc3Cl)cc2)cc1. The first-order valence-electron chi connectivity index (χ1n) is 11.1. The lowest BCUT2D eigenvalue weighted by atomic mass is 10.0. The van der Waals surface area contributed by atoms with Gasteiger partial charge in [0.05, 0.1) is 15.7 Å². The van der Waals surface area contributed by atoms with Gasteiger partial charge in [0.1, 0.15) is 17.3 Å². The largest absolute Gasteiger partial charge is 0.474 e. The lowest BCUT2D eigenvalue weighted by Crippen LogP contribution is -2.26. The Morgan fingerprint density at radius 1 is 0.971 bits per heavy atom. The summed E-state index contributed by atoms with van der Waals surface area (Å²) in [7, 11) is -3.25. The molecule has 3 rings (SSSR count). The molecule has 0 saturated carbocycles. The summed E-state index contributed by atoms with van der Waals surface area (Å²) in [5.41, 5.74) is 1.54. The maximum atomic E-state index is 13.2. The zero-order chi connectivity index (χ0) is 25.6. The van der Waals surface area contributed by atoms with Crippen LogP contribution in [0.1, 0.15) is 37.5 Å². The molecule has 182 valence electrons. The molecule has 0 bridgehead atoms. The van der Waals surface area contributed by atoms with Crippen molar-refractivity contribution in [3.05, 3.63) is 94.3 Å². The van der Waals surface area contributed by atoms with Crippen molar-refractivity contribution in [2.75, 3.05) is 5.75 Å². The Balaban J connectivity index is 1.59. The van der Waals surface area contributed by atoms with Crippen LogP contribution in [0, 0.1) is 17.7 Å². The first-order valence-corrected chi connectivity index (χ1v) is 13.1. The van der Waals surface area contributed by atoms with E-state index in [1.165, 1.54) is 18.2 Å². The van der Waals surface area contributed by atoms with Crippen LogP contribution in [-0.4, -0.2) is 25.6 Å². The fraction of sp³-hybridized carbons (Fsp3) is 0.250. The van der Waals surface area contributed by atoms with Crippen molar-refractivity contribution in [2.24, 2.45) is 0 Å². The normalized spacial score (nSPS) is 11.5. The molecule has 0 aromatic heterocycles. The summed E-state index contributed by atoms with van der Waals surface area (Å²) in [6, 6.07) is 17.8. The van der Waals surface area contributed by atoms with Gasteiger partial charge in [0.2, 0.25) is 0 Å². The van der Waals surface area contributed by atoms with Crippen LogP contribution in [0.4, 0.5) is 4.39 Å². The Hall–Kier alpha value is -3.14. The van der Waals surface area contributed by atoms with Gasteiger partial charge in [-0.2, -0.15) is 0 Å². The van der Waals surface area contributed by atoms with E-state index < -0.39 is 21.3 Å². The Bertz CT molecular complexity index is 1370. The van der Waals surface area contributed by atoms with Gasteiger partial charge in [0.25, 0.3) is 0 Å². The zero-order valence-corrected chi connectivity index (χ0v) is 21.3. The molecular formula is C28H26ClFO4S. The fourth-order valence-corrected chi connectivity index (χ4v) is 4.38. The Kier molecular flexibility index (Phi) is 8.37. The molecule has 0 aliphatic heterocycles. The van der Waals surface area contributed by atoms with Crippen molar-refractivity contribution in [1.29, 1.82) is 0 Å². The van der Waals surface area contributed by atoms with Crippen LogP contribution in [0.15, 0.2) is 71.6 Å². The molecule has 0 saturated heterocycles. The highest BCUT2D eigenvalue weighted by Gasteiger charge is 2.18. The van der Waals surface area contributed by atoms with E-state index >= 15 is 0 Å². The maximum Gasteiger partial charge on any atom is 0.178 e. The molecule has 3 aromatic carbocycles. The average Bonchev–Trinajstić information content (AvgIpc) is 2.81. The standard InChI is InChI=1S/C28H26ClFO4S/c1-4-35(32,33)25-12-9-22(10-13-25)18-24(31)17-21-7-5-20(6-8-21)15-16-28(2,3)34-27-14-11-23(30)19-26(27)29/h5-14,19H,4,17-18H2,1-3H3. The van der Waals surface area contributed by atoms with E-state index in [2.05, 4.69) is 11.8 Å². The van der Waals surface area contributed by atoms with E-state index in [1.807, 2.05) is 24.3 Å². The number of sulfone groups is 1. The predicted octanol–water partition coefficient (Wildman–Crippen LogP) is 5.84. The number of ketones is 1. The van der Waals surface area contributed by atoms with Crippen LogP contribution < -0.4 is 4.74 Å². The maximum absolute atomic E-state index is 13.2. The molecular weight excluding hydrogens is 487 g/mol. The minimum Gasteiger partial charge on any atom is -0.474 e. The first kappa shape index (κ1) is 26.5. The van der Waals surface area contributed by atoms with Crippen molar-refractivity contribution >= 4 is 27.2 Å². The molecule has 0 amide bonds. The number of carbonyl (C=O) groups excluding carboxylic acids is 1. The van der Waals surface area contributed by atoms with E-state index in [4.69, 9.17) is 16.3 Å². The molecule has 0 N–H and O–H groups in total. The molecule has 0 aliphatic carbocycles. The van der Waals surface area contributed by atoms with Gasteiger partial charge >= 0.3 is 0 Å². The summed E-state index contributed by atoms with van der Waals surface area (Å²) in [5.74, 6) is 6.07. The van der Waals surface area contributed by atoms with Crippen LogP contribution in [0.2, 0.25) is 5.02 Å². The molecule has 0 radical (unpaired) electrons. The predicted molar refractivity (Wildman–Crippen MR) is 136 cm³/mol. The van der Waals surface area contributed by atoms with Gasteiger partial charge in [0, 0.05) is 18.4 Å². The molecule has 0 fully saturated rings. The summed E-state index contributed by atoms with van der Waals surface area (Å²) >= 11 is 6.03. The van der Waals surface area contributed by atoms with Gasteiger partial charge in [-0.3, -0.25) is 4.79 Å². The number of rotatable bonds is 8. The third-order valence-electron chi connectivity index (χ3n) is 5.19. The smallest absolute Gasteiger partial charge is 0.178 e. The lowest BCUT2D eigenvalue weighted by molar-refractivity contribution is -0.117. The second-order valence-electron chi connectivity index (χ2n) is 8.57. The highest BCUT2D eigenvalue weighted by molar-refractivity contribution is 7.91. The van der Waals surface area contributed by atoms with E-state index in [0.717, 1.165) is 16.7 Å². The molecule has 0 unspecified atom stereocenters. The number of hydrogen-bond acceptors (Lipinski definition) is 4. The second kappa shape index (κ2) is 11.1. The molecule has 0 heterocycles. The molecule has 0 spiro atoms. The van der Waals surface area contributed by atoms with E-state index in [9.17, 15) is 17.6 Å². The summed E-state index contributed by atoms with van der Waals surface area (Å²) in [5, 5.41) is 0.177. The highest BCUT2D eigenvalue weighted by Crippen LogP contribution is 2.28. The summed E-state index contributed by atoms with van der Waals surface area (Å²) < 4.78 is 42.9. The Morgan fingerprint density at radius 3 is 2.09 bits per heavy atom. The van der Waals surface area contributed by atoms with Gasteiger partial charge < -0.3 is 4.74 Å². The molecule has 0 aliphatic rings. The van der Waals surface area contributed by atoms with Gasteiger partial charge in [-0.25, -0.2) is 12.8 Å². The van der Waals surface area contributed by atoms with E-state index in [1.54, 1.807) is 45.0 Å². The van der Waals surface area contributed by atoms with Crippen molar-refractivity contribution in [2.45, 2.75) is 44.1 Å². The van der Waals surface area contributed by atoms with Gasteiger partial charge in [0.15, 0.2) is 15.4 Å². The Labute approximate surface area is 211 Å². The summed E-state index contributed by atoms with van der Waals surface area (Å²) in [6.45, 7) is 5.18. The third kappa shape index (κ3) is 7.68. The number of Topliss-reactive ketones (excluding diaryl/α,β-unsaturated/α-hetero) is 1. The topological polar surface area (TPSA) is 60.4 Å². The van der Waals surface area contributed by atoms with Crippen molar-refractivity contribution in [3.63, 3.8) is 0 Å². The van der Waals surface area contributed by atoms with Crippen LogP contribution >= 0.6 is 11.6 Å².